The van der Waals surface area contributed by atoms with Gasteiger partial charge in [-0.1, -0.05) is 41.0 Å². The van der Waals surface area contributed by atoms with Gasteiger partial charge in [-0.25, -0.2) is 4.79 Å². The number of likely N-dealkylation sites (tertiary alicyclic amines) is 1. The van der Waals surface area contributed by atoms with Crippen LogP contribution in [0.25, 0.3) is 0 Å². The first kappa shape index (κ1) is 19.4. The van der Waals surface area contributed by atoms with Crippen molar-refractivity contribution in [2.45, 2.75) is 19.3 Å². The lowest BCUT2D eigenvalue weighted by molar-refractivity contribution is 0.237. The van der Waals surface area contributed by atoms with E-state index in [2.05, 4.69) is 27.5 Å². The number of benzene rings is 1. The minimum Gasteiger partial charge on any atom is -0.378 e. The molecule has 8 heteroatoms. The van der Waals surface area contributed by atoms with Crippen LogP contribution in [0.5, 0.6) is 0 Å². The number of amidine groups is 1. The zero-order valence-electron chi connectivity index (χ0n) is 14.5. The van der Waals surface area contributed by atoms with E-state index in [1.807, 2.05) is 0 Å². The number of thioether (sulfide) groups is 1. The Balaban J connectivity index is 1.49. The lowest BCUT2D eigenvalue weighted by Crippen LogP contribution is -2.36. The molecule has 1 fully saturated rings. The van der Waals surface area contributed by atoms with Crippen LogP contribution in [0.3, 0.4) is 0 Å². The number of nitrogens with zero attached hydrogens (tertiary/aromatic N) is 3. The van der Waals surface area contributed by atoms with Gasteiger partial charge in [-0.2, -0.15) is 0 Å². The van der Waals surface area contributed by atoms with Gasteiger partial charge in [-0.3, -0.25) is 9.89 Å². The third-order valence-electron chi connectivity index (χ3n) is 4.23. The van der Waals surface area contributed by atoms with Gasteiger partial charge in [-0.15, -0.1) is 0 Å². The molecule has 0 aliphatic carbocycles. The number of amides is 2. The molecular formula is C18H22Cl2N4OS. The molecular weight excluding hydrogens is 391 g/mol. The van der Waals surface area contributed by atoms with Gasteiger partial charge in [0, 0.05) is 31.1 Å². The van der Waals surface area contributed by atoms with Crippen molar-refractivity contribution in [3.63, 3.8) is 0 Å². The van der Waals surface area contributed by atoms with Gasteiger partial charge in [-0.05, 0) is 43.7 Å². The second-order valence-electron chi connectivity index (χ2n) is 6.17. The average molecular weight is 413 g/mol. The normalized spacial score (nSPS) is 17.7. The topological polar surface area (TPSA) is 47.9 Å². The van der Waals surface area contributed by atoms with Crippen molar-refractivity contribution in [1.82, 2.24) is 9.80 Å². The molecule has 26 heavy (non-hydrogen) atoms. The Morgan fingerprint density at radius 1 is 1.19 bits per heavy atom. The largest absolute Gasteiger partial charge is 0.378 e. The van der Waals surface area contributed by atoms with Crippen LogP contribution in [0.15, 0.2) is 35.5 Å². The Morgan fingerprint density at radius 3 is 2.77 bits per heavy atom. The smallest absolute Gasteiger partial charge is 0.327 e. The van der Waals surface area contributed by atoms with Crippen LogP contribution >= 0.6 is 35.0 Å². The number of rotatable bonds is 4. The predicted octanol–water partition coefficient (Wildman–Crippen LogP) is 4.93. The van der Waals surface area contributed by atoms with Gasteiger partial charge < -0.3 is 10.2 Å². The monoisotopic (exact) mass is 412 g/mol. The summed E-state index contributed by atoms with van der Waals surface area (Å²) in [7, 11) is 0. The number of carbonyl (C=O) groups is 1. The lowest BCUT2D eigenvalue weighted by Gasteiger charge is -2.24. The van der Waals surface area contributed by atoms with E-state index in [-0.39, 0.29) is 6.03 Å². The summed E-state index contributed by atoms with van der Waals surface area (Å²) in [6.07, 6.45) is 8.19. The minimum atomic E-state index is -0.202. The molecule has 0 radical (unpaired) electrons. The summed E-state index contributed by atoms with van der Waals surface area (Å²) in [5, 5.41) is 4.48. The molecule has 0 atom stereocenters. The first-order valence-electron chi connectivity index (χ1n) is 8.75. The molecule has 3 rings (SSSR count). The lowest BCUT2D eigenvalue weighted by atomic mass is 10.1. The Labute approximate surface area is 168 Å². The summed E-state index contributed by atoms with van der Waals surface area (Å²) in [5.74, 6) is 0.798. The molecule has 0 aromatic heterocycles. The number of aliphatic imine (C=N–C) groups is 1. The fraction of sp³-hybridized carbons (Fsp3) is 0.444. The SMILES string of the molecule is O=C(Nc1ccc(Cl)c(Cl)c1)N1CCN=C1SC/C=C/N1CCCCC1. The number of hydrogen-bond acceptors (Lipinski definition) is 4. The van der Waals surface area contributed by atoms with Crippen molar-refractivity contribution in [2.24, 2.45) is 4.99 Å². The predicted molar refractivity (Wildman–Crippen MR) is 112 cm³/mol. The maximum absolute atomic E-state index is 12.5. The molecule has 1 N–H and O–H groups in total. The first-order chi connectivity index (χ1) is 12.6. The molecule has 2 aliphatic rings. The zero-order valence-corrected chi connectivity index (χ0v) is 16.8. The van der Waals surface area contributed by atoms with Gasteiger partial charge in [0.1, 0.15) is 0 Å². The van der Waals surface area contributed by atoms with Crippen LogP contribution < -0.4 is 5.32 Å². The van der Waals surface area contributed by atoms with E-state index in [0.717, 1.165) is 24.0 Å². The van der Waals surface area contributed by atoms with E-state index in [1.54, 1.807) is 34.9 Å². The molecule has 0 bridgehead atoms. The number of piperidine rings is 1. The summed E-state index contributed by atoms with van der Waals surface area (Å²) in [6.45, 7) is 3.50. The standard InChI is InChI=1S/C18H22Cl2N4OS/c19-15-6-5-14(13-16(15)20)22-17(25)24-11-7-21-18(24)26-12-4-10-23-8-2-1-3-9-23/h4-6,10,13H,1-3,7-9,11-12H2,(H,22,25)/b10-4+. The summed E-state index contributed by atoms with van der Waals surface area (Å²) < 4.78 is 0. The highest BCUT2D eigenvalue weighted by molar-refractivity contribution is 8.13. The number of carbonyl (C=O) groups excluding carboxylic acids is 1. The quantitative estimate of drug-likeness (QED) is 0.762. The Hall–Kier alpha value is -1.37. The van der Waals surface area contributed by atoms with Crippen molar-refractivity contribution < 1.29 is 4.79 Å². The molecule has 1 aromatic carbocycles. The van der Waals surface area contributed by atoms with Crippen LogP contribution in [-0.2, 0) is 0 Å². The fourth-order valence-electron chi connectivity index (χ4n) is 2.89. The molecule has 1 aromatic rings. The molecule has 0 spiro atoms. The fourth-order valence-corrected chi connectivity index (χ4v) is 4.03. The van der Waals surface area contributed by atoms with Crippen molar-refractivity contribution in [1.29, 1.82) is 0 Å². The van der Waals surface area contributed by atoms with Crippen LogP contribution in [0.4, 0.5) is 10.5 Å². The Bertz CT molecular complexity index is 704. The number of urea groups is 1. The molecule has 2 aliphatic heterocycles. The number of hydrogen-bond donors (Lipinski definition) is 1. The van der Waals surface area contributed by atoms with E-state index < -0.39 is 0 Å². The number of anilines is 1. The maximum Gasteiger partial charge on any atom is 0.327 e. The van der Waals surface area contributed by atoms with Crippen LogP contribution in [0, 0.1) is 0 Å². The van der Waals surface area contributed by atoms with Gasteiger partial charge >= 0.3 is 6.03 Å². The third-order valence-corrected chi connectivity index (χ3v) is 5.94. The average Bonchev–Trinajstić information content (AvgIpc) is 3.11. The number of nitrogens with one attached hydrogen (secondary N) is 1. The van der Waals surface area contributed by atoms with E-state index >= 15 is 0 Å². The summed E-state index contributed by atoms with van der Waals surface area (Å²) in [6, 6.07) is 4.84. The molecule has 1 saturated heterocycles. The summed E-state index contributed by atoms with van der Waals surface area (Å²) in [4.78, 5) is 21.0. The molecule has 0 unspecified atom stereocenters. The summed E-state index contributed by atoms with van der Waals surface area (Å²) >= 11 is 13.5. The van der Waals surface area contributed by atoms with Crippen LogP contribution in [0.1, 0.15) is 19.3 Å². The van der Waals surface area contributed by atoms with Gasteiger partial charge in [0.2, 0.25) is 0 Å². The van der Waals surface area contributed by atoms with Crippen LogP contribution in [0.2, 0.25) is 10.0 Å². The Morgan fingerprint density at radius 2 is 2.00 bits per heavy atom. The molecule has 2 amide bonds. The van der Waals surface area contributed by atoms with Gasteiger partial charge in [0.25, 0.3) is 0 Å². The maximum atomic E-state index is 12.5. The minimum absolute atomic E-state index is 0.202. The van der Waals surface area contributed by atoms with E-state index in [9.17, 15) is 4.79 Å². The van der Waals surface area contributed by atoms with Gasteiger partial charge in [0.05, 0.1) is 16.6 Å². The summed E-state index contributed by atoms with van der Waals surface area (Å²) in [5.41, 5.74) is 0.616. The Kier molecular flexibility index (Phi) is 7.11. The second kappa shape index (κ2) is 9.53. The second-order valence-corrected chi connectivity index (χ2v) is 7.97. The van der Waals surface area contributed by atoms with Crippen molar-refractivity contribution in [2.75, 3.05) is 37.2 Å². The number of halogens is 2. The van der Waals surface area contributed by atoms with E-state index in [0.29, 0.717) is 28.8 Å². The van der Waals surface area contributed by atoms with E-state index in [4.69, 9.17) is 23.2 Å². The highest BCUT2D eigenvalue weighted by Gasteiger charge is 2.24. The highest BCUT2D eigenvalue weighted by Crippen LogP contribution is 2.25. The molecule has 140 valence electrons. The van der Waals surface area contributed by atoms with Crippen molar-refractivity contribution in [3.8, 4) is 0 Å². The highest BCUT2D eigenvalue weighted by atomic mass is 35.5. The first-order valence-corrected chi connectivity index (χ1v) is 10.5. The van der Waals surface area contributed by atoms with Crippen LogP contribution in [-0.4, -0.2) is 52.9 Å². The van der Waals surface area contributed by atoms with Gasteiger partial charge in [0.15, 0.2) is 5.17 Å². The van der Waals surface area contributed by atoms with Crippen molar-refractivity contribution in [3.05, 3.63) is 40.5 Å². The van der Waals surface area contributed by atoms with Crippen molar-refractivity contribution >= 4 is 51.8 Å². The molecule has 5 nitrogen and oxygen atoms in total. The van der Waals surface area contributed by atoms with E-state index in [1.165, 1.54) is 19.3 Å². The third kappa shape index (κ3) is 5.32. The molecule has 2 heterocycles. The molecule has 0 saturated carbocycles. The zero-order chi connectivity index (χ0) is 18.4.